The third-order valence-electron chi connectivity index (χ3n) is 3.98. The third-order valence-corrected chi connectivity index (χ3v) is 4.27. The van der Waals surface area contributed by atoms with E-state index in [-0.39, 0.29) is 6.10 Å². The molecule has 6 heteroatoms. The molecular formula is C16H17ClN4O. The average molecular weight is 317 g/mol. The molecule has 0 saturated carbocycles. The van der Waals surface area contributed by atoms with Gasteiger partial charge < -0.3 is 10.0 Å². The number of rotatable bonds is 2. The van der Waals surface area contributed by atoms with E-state index >= 15 is 0 Å². The lowest BCUT2D eigenvalue weighted by Gasteiger charge is -2.33. The van der Waals surface area contributed by atoms with Crippen LogP contribution >= 0.6 is 11.6 Å². The van der Waals surface area contributed by atoms with E-state index in [1.807, 2.05) is 13.0 Å². The smallest absolute Gasteiger partial charge is 0.138 e. The van der Waals surface area contributed by atoms with Crippen LogP contribution in [0.5, 0.6) is 0 Å². The predicted octanol–water partition coefficient (Wildman–Crippen LogP) is 2.85. The van der Waals surface area contributed by atoms with E-state index in [0.29, 0.717) is 22.6 Å². The highest BCUT2D eigenvalue weighted by Gasteiger charge is 2.25. The summed E-state index contributed by atoms with van der Waals surface area (Å²) in [5, 5.41) is 24.0. The third kappa shape index (κ3) is 2.35. The van der Waals surface area contributed by atoms with E-state index < -0.39 is 0 Å². The maximum Gasteiger partial charge on any atom is 0.138 e. The summed E-state index contributed by atoms with van der Waals surface area (Å²) in [5.41, 5.74) is 2.80. The first kappa shape index (κ1) is 14.9. The highest BCUT2D eigenvalue weighted by atomic mass is 35.5. The van der Waals surface area contributed by atoms with Gasteiger partial charge in [0.25, 0.3) is 0 Å². The summed E-state index contributed by atoms with van der Waals surface area (Å²) in [6.45, 7) is 7.30. The van der Waals surface area contributed by atoms with Crippen molar-refractivity contribution < 1.29 is 5.11 Å². The molecule has 22 heavy (non-hydrogen) atoms. The van der Waals surface area contributed by atoms with Gasteiger partial charge in [-0.3, -0.25) is 0 Å². The second-order valence-electron chi connectivity index (χ2n) is 5.68. The Morgan fingerprint density at radius 2 is 2.36 bits per heavy atom. The molecule has 0 bridgehead atoms. The maximum atomic E-state index is 9.98. The van der Waals surface area contributed by atoms with Gasteiger partial charge in [-0.15, -0.1) is 0 Å². The lowest BCUT2D eigenvalue weighted by molar-refractivity contribution is 0.153. The molecule has 1 atom stereocenters. The summed E-state index contributed by atoms with van der Waals surface area (Å²) < 4.78 is 1.70. The monoisotopic (exact) mass is 316 g/mol. The van der Waals surface area contributed by atoms with Crippen molar-refractivity contribution in [2.24, 2.45) is 0 Å². The van der Waals surface area contributed by atoms with E-state index in [1.54, 1.807) is 4.52 Å². The fourth-order valence-electron chi connectivity index (χ4n) is 2.96. The molecule has 0 aromatic carbocycles. The molecule has 0 aliphatic carbocycles. The number of pyridine rings is 1. The van der Waals surface area contributed by atoms with Gasteiger partial charge in [-0.2, -0.15) is 10.4 Å². The fourth-order valence-corrected chi connectivity index (χ4v) is 3.25. The number of anilines is 1. The molecule has 114 valence electrons. The maximum absolute atomic E-state index is 9.98. The van der Waals surface area contributed by atoms with Crippen molar-refractivity contribution in [2.75, 3.05) is 18.0 Å². The van der Waals surface area contributed by atoms with Crippen LogP contribution in [0.2, 0.25) is 5.02 Å². The molecule has 1 fully saturated rings. The fraction of sp³-hybridized carbons (Fsp3) is 0.375. The Morgan fingerprint density at radius 1 is 1.59 bits per heavy atom. The van der Waals surface area contributed by atoms with Gasteiger partial charge >= 0.3 is 0 Å². The second-order valence-corrected chi connectivity index (χ2v) is 6.09. The Balaban J connectivity index is 2.28. The first-order valence-electron chi connectivity index (χ1n) is 7.22. The first-order valence-corrected chi connectivity index (χ1v) is 7.60. The molecule has 1 aliphatic rings. The minimum Gasteiger partial charge on any atom is -0.391 e. The standard InChI is InChI=1S/C16H17ClN4O/c1-10(2)13-6-14(17)15-11(7-18)8-19-21(15)16(13)20-5-3-4-12(22)9-20/h6,8,12,22H,1,3-5,9H2,2H3/t12-/m0/s1. The number of allylic oxidation sites excluding steroid dienone is 1. The van der Waals surface area contributed by atoms with Crippen LogP contribution in [0, 0.1) is 11.3 Å². The molecule has 1 aliphatic heterocycles. The van der Waals surface area contributed by atoms with Crippen molar-refractivity contribution in [3.8, 4) is 6.07 Å². The molecule has 0 radical (unpaired) electrons. The van der Waals surface area contributed by atoms with Gasteiger partial charge in [0.05, 0.1) is 22.9 Å². The van der Waals surface area contributed by atoms with Crippen molar-refractivity contribution >= 4 is 28.5 Å². The number of aromatic nitrogens is 2. The van der Waals surface area contributed by atoms with Crippen LogP contribution in [0.1, 0.15) is 30.9 Å². The van der Waals surface area contributed by atoms with Gasteiger partial charge in [0, 0.05) is 18.7 Å². The van der Waals surface area contributed by atoms with Crippen LogP contribution in [0.4, 0.5) is 5.82 Å². The van der Waals surface area contributed by atoms with Gasteiger partial charge in [0.1, 0.15) is 17.4 Å². The van der Waals surface area contributed by atoms with Crippen molar-refractivity contribution in [1.82, 2.24) is 9.61 Å². The molecule has 5 nitrogen and oxygen atoms in total. The summed E-state index contributed by atoms with van der Waals surface area (Å²) in [6, 6.07) is 3.95. The number of hydrogen-bond acceptors (Lipinski definition) is 4. The van der Waals surface area contributed by atoms with E-state index in [2.05, 4.69) is 22.6 Å². The second kappa shape index (κ2) is 5.64. The summed E-state index contributed by atoms with van der Waals surface area (Å²) in [5.74, 6) is 0.840. The molecule has 3 rings (SSSR count). The summed E-state index contributed by atoms with van der Waals surface area (Å²) >= 11 is 6.35. The number of β-amino-alcohol motifs (C(OH)–C–C–N with tert-alkyl or cyclic N) is 1. The van der Waals surface area contributed by atoms with Crippen LogP contribution in [-0.2, 0) is 0 Å². The Morgan fingerprint density at radius 3 is 3.00 bits per heavy atom. The van der Waals surface area contributed by atoms with E-state index in [1.165, 1.54) is 6.20 Å². The van der Waals surface area contributed by atoms with Crippen LogP contribution in [0.15, 0.2) is 18.8 Å². The first-order chi connectivity index (χ1) is 10.5. The number of nitriles is 1. The zero-order valence-electron chi connectivity index (χ0n) is 12.4. The predicted molar refractivity (Wildman–Crippen MR) is 87.1 cm³/mol. The Hall–Kier alpha value is -2.03. The van der Waals surface area contributed by atoms with Crippen molar-refractivity contribution in [3.63, 3.8) is 0 Å². The molecule has 0 amide bonds. The number of fused-ring (bicyclic) bond motifs is 1. The van der Waals surface area contributed by atoms with Gasteiger partial charge in [0.2, 0.25) is 0 Å². The number of hydrogen-bond donors (Lipinski definition) is 1. The van der Waals surface area contributed by atoms with Crippen molar-refractivity contribution in [1.29, 1.82) is 5.26 Å². The number of aliphatic hydroxyl groups is 1. The molecule has 1 N–H and O–H groups in total. The highest BCUT2D eigenvalue weighted by molar-refractivity contribution is 6.34. The number of aliphatic hydroxyl groups excluding tert-OH is 1. The average Bonchev–Trinajstić information content (AvgIpc) is 2.91. The Labute approximate surface area is 134 Å². The molecule has 2 aromatic rings. The van der Waals surface area contributed by atoms with Crippen LogP contribution in [-0.4, -0.2) is 33.9 Å². The van der Waals surface area contributed by atoms with Crippen LogP contribution in [0.3, 0.4) is 0 Å². The molecular weight excluding hydrogens is 300 g/mol. The van der Waals surface area contributed by atoms with Gasteiger partial charge in [-0.1, -0.05) is 18.2 Å². The zero-order chi connectivity index (χ0) is 15.9. The van der Waals surface area contributed by atoms with Crippen molar-refractivity contribution in [3.05, 3.63) is 35.0 Å². The molecule has 1 saturated heterocycles. The SMILES string of the molecule is C=C(C)c1cc(Cl)c2c(C#N)cnn2c1N1CCC[C@H](O)C1. The van der Waals surface area contributed by atoms with E-state index in [4.69, 9.17) is 11.6 Å². The number of nitrogens with zero attached hydrogens (tertiary/aromatic N) is 4. The molecule has 3 heterocycles. The lowest BCUT2D eigenvalue weighted by atomic mass is 10.0. The minimum atomic E-state index is -0.358. The largest absolute Gasteiger partial charge is 0.391 e. The lowest BCUT2D eigenvalue weighted by Crippen LogP contribution is -2.39. The number of halogens is 1. The summed E-state index contributed by atoms with van der Waals surface area (Å²) in [4.78, 5) is 2.09. The van der Waals surface area contributed by atoms with E-state index in [9.17, 15) is 10.4 Å². The Bertz CT molecular complexity index is 790. The summed E-state index contributed by atoms with van der Waals surface area (Å²) in [7, 11) is 0. The summed E-state index contributed by atoms with van der Waals surface area (Å²) in [6.07, 6.45) is 2.88. The number of piperidine rings is 1. The van der Waals surface area contributed by atoms with Gasteiger partial charge in [0.15, 0.2) is 0 Å². The topological polar surface area (TPSA) is 64.6 Å². The van der Waals surface area contributed by atoms with Crippen molar-refractivity contribution in [2.45, 2.75) is 25.9 Å². The van der Waals surface area contributed by atoms with Crippen LogP contribution in [0.25, 0.3) is 11.1 Å². The molecule has 0 unspecified atom stereocenters. The normalized spacial score (nSPS) is 18.5. The van der Waals surface area contributed by atoms with Gasteiger partial charge in [-0.25, -0.2) is 4.52 Å². The highest BCUT2D eigenvalue weighted by Crippen LogP contribution is 2.34. The quantitative estimate of drug-likeness (QED) is 0.925. The van der Waals surface area contributed by atoms with E-state index in [0.717, 1.165) is 36.3 Å². The Kier molecular flexibility index (Phi) is 3.81. The minimum absolute atomic E-state index is 0.358. The van der Waals surface area contributed by atoms with Crippen LogP contribution < -0.4 is 4.90 Å². The zero-order valence-corrected chi connectivity index (χ0v) is 13.1. The van der Waals surface area contributed by atoms with Gasteiger partial charge in [-0.05, 0) is 31.4 Å². The molecule has 0 spiro atoms. The molecule has 2 aromatic heterocycles.